The Morgan fingerprint density at radius 1 is 1.33 bits per heavy atom. The van der Waals surface area contributed by atoms with Gasteiger partial charge < -0.3 is 20.0 Å². The molecule has 1 heterocycles. The Kier molecular flexibility index (Phi) is 8.37. The Morgan fingerprint density at radius 3 is 2.63 bits per heavy atom. The van der Waals surface area contributed by atoms with Gasteiger partial charge in [-0.2, -0.15) is 0 Å². The molecule has 0 aliphatic carbocycles. The average molecular weight is 409 g/mol. The van der Waals surface area contributed by atoms with Gasteiger partial charge in [-0.15, -0.1) is 0 Å². The summed E-state index contributed by atoms with van der Waals surface area (Å²) in [6.07, 6.45) is 1.69. The number of hydrogen-bond acceptors (Lipinski definition) is 8. The predicted octanol–water partition coefficient (Wildman–Crippen LogP) is 4.25. The summed E-state index contributed by atoms with van der Waals surface area (Å²) in [5, 5.41) is 22.3. The van der Waals surface area contributed by atoms with Gasteiger partial charge in [-0.05, 0) is 40.1 Å². The van der Waals surface area contributed by atoms with Gasteiger partial charge in [0.05, 0.1) is 11.5 Å². The third kappa shape index (κ3) is 7.08. The van der Waals surface area contributed by atoms with Gasteiger partial charge in [0.1, 0.15) is 6.61 Å². The van der Waals surface area contributed by atoms with Gasteiger partial charge in [0.25, 0.3) is 0 Å². The Labute approximate surface area is 164 Å². The number of aliphatic hydroxyl groups is 1. The number of rotatable bonds is 9. The largest absolute Gasteiger partial charge is 0.448 e. The van der Waals surface area contributed by atoms with Crippen molar-refractivity contribution in [3.63, 3.8) is 0 Å². The van der Waals surface area contributed by atoms with Crippen LogP contribution in [0, 0.1) is 10.1 Å². The lowest BCUT2D eigenvalue weighted by Crippen LogP contribution is -2.19. The number of anilines is 1. The average Bonchev–Trinajstić information content (AvgIpc) is 2.69. The van der Waals surface area contributed by atoms with E-state index in [9.17, 15) is 14.9 Å². The van der Waals surface area contributed by atoms with Gasteiger partial charge in [-0.3, -0.25) is 5.32 Å². The molecular weight excluding hydrogens is 390 g/mol. The van der Waals surface area contributed by atoms with Crippen molar-refractivity contribution in [2.24, 2.45) is 0 Å². The van der Waals surface area contributed by atoms with Gasteiger partial charge in [-0.1, -0.05) is 40.6 Å². The van der Waals surface area contributed by atoms with E-state index in [1.54, 1.807) is 30.3 Å². The summed E-state index contributed by atoms with van der Waals surface area (Å²) in [6, 6.07) is 9.81. The minimum absolute atomic E-state index is 0.0535. The van der Waals surface area contributed by atoms with E-state index in [2.05, 4.69) is 10.3 Å². The van der Waals surface area contributed by atoms with Crippen molar-refractivity contribution in [1.29, 1.82) is 0 Å². The van der Waals surface area contributed by atoms with Gasteiger partial charge >= 0.3 is 11.9 Å². The molecule has 0 saturated heterocycles. The molecule has 0 unspecified atom stereocenters. The van der Waals surface area contributed by atoms with Crippen molar-refractivity contribution in [2.75, 3.05) is 11.9 Å². The van der Waals surface area contributed by atoms with Crippen molar-refractivity contribution in [1.82, 2.24) is 4.98 Å². The van der Waals surface area contributed by atoms with E-state index in [0.29, 0.717) is 5.69 Å². The molecule has 0 radical (unpaired) electrons. The van der Waals surface area contributed by atoms with Crippen LogP contribution in [0.15, 0.2) is 47.5 Å². The van der Waals surface area contributed by atoms with Crippen LogP contribution in [0.4, 0.5) is 16.3 Å². The molecule has 0 bridgehead atoms. The second kappa shape index (κ2) is 10.8. The van der Waals surface area contributed by atoms with Crippen LogP contribution >= 0.6 is 21.6 Å². The van der Waals surface area contributed by atoms with Crippen LogP contribution in [0.5, 0.6) is 0 Å². The maximum absolute atomic E-state index is 11.9. The summed E-state index contributed by atoms with van der Waals surface area (Å²) in [6.45, 7) is 2.17. The van der Waals surface area contributed by atoms with Crippen LogP contribution in [-0.2, 0) is 11.3 Å². The van der Waals surface area contributed by atoms with Crippen molar-refractivity contribution < 1.29 is 19.6 Å². The van der Waals surface area contributed by atoms with Crippen molar-refractivity contribution in [2.45, 2.75) is 30.1 Å². The molecule has 1 aromatic heterocycles. The first-order valence-electron chi connectivity index (χ1n) is 8.09. The molecule has 0 aliphatic rings. The zero-order valence-electron chi connectivity index (χ0n) is 14.5. The number of carbonyl (C=O) groups excluding carboxylic acids is 1. The summed E-state index contributed by atoms with van der Waals surface area (Å²) >= 11 is 0. The van der Waals surface area contributed by atoms with Crippen molar-refractivity contribution in [3.05, 3.63) is 58.3 Å². The second-order valence-corrected chi connectivity index (χ2v) is 7.97. The quantitative estimate of drug-likeness (QED) is 0.359. The van der Waals surface area contributed by atoms with E-state index in [4.69, 9.17) is 9.84 Å². The molecule has 1 aromatic carbocycles. The predicted molar refractivity (Wildman–Crippen MR) is 106 cm³/mol. The van der Waals surface area contributed by atoms with E-state index in [1.165, 1.54) is 33.9 Å². The fourth-order valence-electron chi connectivity index (χ4n) is 1.88. The summed E-state index contributed by atoms with van der Waals surface area (Å²) in [5.41, 5.74) is 1.35. The molecule has 144 valence electrons. The molecule has 0 fully saturated rings. The number of ether oxygens (including phenoxy) is 1. The zero-order chi connectivity index (χ0) is 19.6. The van der Waals surface area contributed by atoms with Gasteiger partial charge in [0.15, 0.2) is 6.20 Å². The molecule has 0 saturated carbocycles. The molecule has 8 nitrogen and oxygen atoms in total. The normalized spacial score (nSPS) is 11.6. The first kappa shape index (κ1) is 21.0. The third-order valence-electron chi connectivity index (χ3n) is 3.43. The van der Waals surface area contributed by atoms with Crippen LogP contribution in [0.1, 0.15) is 18.9 Å². The Morgan fingerprint density at radius 2 is 2.07 bits per heavy atom. The highest BCUT2D eigenvalue weighted by atomic mass is 33.1. The number of nitrogens with zero attached hydrogens (tertiary/aromatic N) is 2. The fourth-order valence-corrected chi connectivity index (χ4v) is 4.22. The third-order valence-corrected chi connectivity index (χ3v) is 6.38. The highest BCUT2D eigenvalue weighted by Gasteiger charge is 2.14. The van der Waals surface area contributed by atoms with Gasteiger partial charge in [-0.25, -0.2) is 4.79 Å². The second-order valence-electron chi connectivity index (χ2n) is 5.40. The molecular formula is C17H19N3O5S2. The first-order chi connectivity index (χ1) is 13.0. The Bertz CT molecular complexity index is 756. The number of amides is 1. The molecule has 10 heteroatoms. The van der Waals surface area contributed by atoms with Crippen molar-refractivity contribution in [3.8, 4) is 0 Å². The highest BCUT2D eigenvalue weighted by Crippen LogP contribution is 2.35. The molecule has 2 N–H and O–H groups in total. The summed E-state index contributed by atoms with van der Waals surface area (Å²) in [5.74, 6) is -0.191. The standard InChI is InChI=1S/C17H19N3O5S2/c1-2-14(26-27-15-7-8-16(18-9-15)20(23)24)11-25-17(22)19-13-5-3-12(10-21)4-6-13/h3-9,14,21H,2,10-11H2,1H3,(H,19,22)/t14-/m1/s1. The number of nitrogens with one attached hydrogen (secondary N) is 1. The summed E-state index contributed by atoms with van der Waals surface area (Å²) in [7, 11) is 2.95. The number of carbonyl (C=O) groups is 1. The van der Waals surface area contributed by atoms with Crippen LogP contribution in [0.3, 0.4) is 0 Å². The molecule has 0 spiro atoms. The van der Waals surface area contributed by atoms with E-state index >= 15 is 0 Å². The van der Waals surface area contributed by atoms with E-state index in [1.807, 2.05) is 6.92 Å². The lowest BCUT2D eigenvalue weighted by Gasteiger charge is -2.14. The SMILES string of the molecule is CC[C@H](COC(=O)Nc1ccc(CO)cc1)SSc1ccc([N+](=O)[O-])nc1. The van der Waals surface area contributed by atoms with Crippen molar-refractivity contribution >= 4 is 39.2 Å². The smallest absolute Gasteiger partial charge is 0.411 e. The minimum Gasteiger partial charge on any atom is -0.448 e. The Balaban J connectivity index is 1.76. The monoisotopic (exact) mass is 409 g/mol. The zero-order valence-corrected chi connectivity index (χ0v) is 16.2. The maximum atomic E-state index is 11.9. The maximum Gasteiger partial charge on any atom is 0.411 e. The highest BCUT2D eigenvalue weighted by molar-refractivity contribution is 8.77. The number of hydrogen-bond donors (Lipinski definition) is 2. The molecule has 27 heavy (non-hydrogen) atoms. The number of aromatic nitrogens is 1. The number of pyridine rings is 1. The molecule has 2 rings (SSSR count). The number of aliphatic hydroxyl groups excluding tert-OH is 1. The van der Waals surface area contributed by atoms with E-state index < -0.39 is 11.0 Å². The van der Waals surface area contributed by atoms with E-state index in [0.717, 1.165) is 16.9 Å². The molecule has 1 atom stereocenters. The van der Waals surface area contributed by atoms with Crippen LogP contribution in [-0.4, -0.2) is 33.0 Å². The number of benzene rings is 1. The Hall–Kier alpha value is -2.30. The van der Waals surface area contributed by atoms with Gasteiger partial charge in [0.2, 0.25) is 0 Å². The van der Waals surface area contributed by atoms with Gasteiger partial charge in [0, 0.05) is 17.0 Å². The van der Waals surface area contributed by atoms with Crippen LogP contribution in [0.25, 0.3) is 0 Å². The molecule has 0 aliphatic heterocycles. The van der Waals surface area contributed by atoms with Crippen LogP contribution < -0.4 is 5.32 Å². The lowest BCUT2D eigenvalue weighted by molar-refractivity contribution is -0.389. The molecule has 1 amide bonds. The molecule has 2 aromatic rings. The lowest BCUT2D eigenvalue weighted by atomic mass is 10.2. The number of nitro groups is 1. The fraction of sp³-hybridized carbons (Fsp3) is 0.294. The van der Waals surface area contributed by atoms with Crippen LogP contribution in [0.2, 0.25) is 0 Å². The van der Waals surface area contributed by atoms with E-state index in [-0.39, 0.29) is 24.3 Å². The summed E-state index contributed by atoms with van der Waals surface area (Å²) < 4.78 is 5.26. The first-order valence-corrected chi connectivity index (χ1v) is 10.3. The minimum atomic E-state index is -0.548. The summed E-state index contributed by atoms with van der Waals surface area (Å²) in [4.78, 5) is 26.5. The topological polar surface area (TPSA) is 115 Å².